The predicted octanol–water partition coefficient (Wildman–Crippen LogP) is 14.1. The van der Waals surface area contributed by atoms with Crippen molar-refractivity contribution in [1.82, 2.24) is 4.57 Å². The van der Waals surface area contributed by atoms with E-state index in [4.69, 9.17) is 4.42 Å². The molecule has 0 aliphatic heterocycles. The maximum Gasteiger partial charge on any atom is 0.137 e. The molecule has 0 saturated heterocycles. The Labute approximate surface area is 306 Å². The van der Waals surface area contributed by atoms with Crippen LogP contribution in [0.3, 0.4) is 0 Å². The number of anilines is 3. The van der Waals surface area contributed by atoms with Crippen molar-refractivity contribution in [3.63, 3.8) is 0 Å². The number of rotatable bonds is 5. The van der Waals surface area contributed by atoms with Gasteiger partial charge in [-0.2, -0.15) is 0 Å². The zero-order valence-corrected chi connectivity index (χ0v) is 28.8. The van der Waals surface area contributed by atoms with E-state index < -0.39 is 0 Å². The monoisotopic (exact) mass is 676 g/mol. The molecule has 0 aliphatic rings. The molecule has 248 valence electrons. The van der Waals surface area contributed by atoms with E-state index in [0.717, 1.165) is 50.2 Å². The molecule has 0 fully saturated rings. The molecule has 3 heteroatoms. The van der Waals surface area contributed by atoms with Crippen molar-refractivity contribution in [3.05, 3.63) is 194 Å². The van der Waals surface area contributed by atoms with Gasteiger partial charge < -0.3 is 13.9 Å². The number of aromatic nitrogens is 1. The average Bonchev–Trinajstić information content (AvgIpc) is 3.77. The minimum Gasteiger partial charge on any atom is -0.456 e. The van der Waals surface area contributed by atoms with Gasteiger partial charge in [0.15, 0.2) is 0 Å². The second kappa shape index (κ2) is 11.7. The summed E-state index contributed by atoms with van der Waals surface area (Å²) in [6.07, 6.45) is 0. The normalized spacial score (nSPS) is 11.8. The molecule has 0 N–H and O–H groups in total. The topological polar surface area (TPSA) is 21.3 Å². The third-order valence-corrected chi connectivity index (χ3v) is 10.7. The van der Waals surface area contributed by atoms with Gasteiger partial charge in [0.25, 0.3) is 0 Å². The van der Waals surface area contributed by atoms with Crippen LogP contribution in [0.15, 0.2) is 199 Å². The third kappa shape index (κ3) is 4.68. The number of nitrogens with zero attached hydrogens (tertiary/aromatic N) is 2. The molecule has 9 aromatic carbocycles. The minimum absolute atomic E-state index is 0.868. The molecule has 11 rings (SSSR count). The van der Waals surface area contributed by atoms with Crippen molar-refractivity contribution in [1.29, 1.82) is 0 Å². The summed E-state index contributed by atoms with van der Waals surface area (Å²) < 4.78 is 8.95. The lowest BCUT2D eigenvalue weighted by molar-refractivity contribution is 0.669. The van der Waals surface area contributed by atoms with Gasteiger partial charge in [-0.15, -0.1) is 0 Å². The molecule has 2 aromatic heterocycles. The van der Waals surface area contributed by atoms with E-state index in [1.807, 2.05) is 12.1 Å². The highest BCUT2D eigenvalue weighted by Gasteiger charge is 2.24. The first-order valence-electron chi connectivity index (χ1n) is 18.1. The Morgan fingerprint density at radius 3 is 1.92 bits per heavy atom. The van der Waals surface area contributed by atoms with Crippen molar-refractivity contribution >= 4 is 82.4 Å². The zero-order chi connectivity index (χ0) is 34.9. The Hall–Kier alpha value is -7.10. The molecular weight excluding hydrogens is 645 g/mol. The van der Waals surface area contributed by atoms with E-state index in [9.17, 15) is 0 Å². The maximum atomic E-state index is 6.46. The molecule has 0 aliphatic carbocycles. The maximum absolute atomic E-state index is 6.46. The summed E-state index contributed by atoms with van der Waals surface area (Å²) in [4.78, 5) is 2.40. The van der Waals surface area contributed by atoms with Crippen molar-refractivity contribution in [2.75, 3.05) is 4.90 Å². The highest BCUT2D eigenvalue weighted by Crippen LogP contribution is 2.48. The van der Waals surface area contributed by atoms with E-state index in [-0.39, 0.29) is 0 Å². The van der Waals surface area contributed by atoms with Gasteiger partial charge in [0.05, 0.1) is 16.7 Å². The van der Waals surface area contributed by atoms with E-state index in [1.54, 1.807) is 0 Å². The van der Waals surface area contributed by atoms with Crippen LogP contribution in [0.5, 0.6) is 0 Å². The molecule has 53 heavy (non-hydrogen) atoms. The molecule has 0 radical (unpaired) electrons. The zero-order valence-electron chi connectivity index (χ0n) is 28.8. The smallest absolute Gasteiger partial charge is 0.137 e. The summed E-state index contributed by atoms with van der Waals surface area (Å²) in [5.41, 5.74) is 10.8. The molecule has 0 spiro atoms. The van der Waals surface area contributed by atoms with Gasteiger partial charge in [0, 0.05) is 50.1 Å². The summed E-state index contributed by atoms with van der Waals surface area (Å²) in [7, 11) is 0. The number of benzene rings is 9. The predicted molar refractivity (Wildman–Crippen MR) is 223 cm³/mol. The van der Waals surface area contributed by atoms with Crippen LogP contribution in [0.25, 0.3) is 82.1 Å². The summed E-state index contributed by atoms with van der Waals surface area (Å²) in [6, 6.07) is 69.9. The SMILES string of the molecule is c1ccc(-c2ccc3c4c(N(c5ccccc5)c5ccc6c(c5)oc5ccccc56)cc5ccccc5c4n(-c4ccc5ccccc5c4)c3c2)cc1. The fourth-order valence-electron chi connectivity index (χ4n) is 8.29. The fraction of sp³-hybridized carbons (Fsp3) is 0. The average molecular weight is 677 g/mol. The van der Waals surface area contributed by atoms with Crippen LogP contribution in [0.2, 0.25) is 0 Å². The number of fused-ring (bicyclic) bond motifs is 9. The van der Waals surface area contributed by atoms with Crippen LogP contribution in [-0.2, 0) is 0 Å². The second-order valence-electron chi connectivity index (χ2n) is 13.8. The quantitative estimate of drug-likeness (QED) is 0.181. The van der Waals surface area contributed by atoms with Gasteiger partial charge in [-0.1, -0.05) is 133 Å². The molecule has 0 amide bonds. The van der Waals surface area contributed by atoms with Gasteiger partial charge in [-0.25, -0.2) is 0 Å². The largest absolute Gasteiger partial charge is 0.456 e. The molecule has 2 heterocycles. The third-order valence-electron chi connectivity index (χ3n) is 10.7. The summed E-state index contributed by atoms with van der Waals surface area (Å²) >= 11 is 0. The second-order valence-corrected chi connectivity index (χ2v) is 13.8. The Morgan fingerprint density at radius 1 is 0.396 bits per heavy atom. The molecule has 0 bridgehead atoms. The minimum atomic E-state index is 0.868. The standard InChI is InChI=1S/C50H32N2O/c1-3-13-33(14-4-1)36-24-27-44-45(30-36)52(39-25-23-34-15-7-8-16-35(34)29-39)50-41-20-10-9-17-37(41)31-46(49(44)50)51(38-18-5-2-6-19-38)40-26-28-43-42-21-11-12-22-47(42)53-48(43)32-40/h1-32H. The highest BCUT2D eigenvalue weighted by molar-refractivity contribution is 6.25. The first-order valence-corrected chi connectivity index (χ1v) is 18.1. The van der Waals surface area contributed by atoms with E-state index >= 15 is 0 Å². The molecule has 11 aromatic rings. The van der Waals surface area contributed by atoms with Crippen molar-refractivity contribution < 1.29 is 4.42 Å². The number of hydrogen-bond acceptors (Lipinski definition) is 2. The number of para-hydroxylation sites is 2. The van der Waals surface area contributed by atoms with Crippen LogP contribution in [0.1, 0.15) is 0 Å². The lowest BCUT2D eigenvalue weighted by Gasteiger charge is -2.27. The first kappa shape index (κ1) is 29.6. The van der Waals surface area contributed by atoms with Gasteiger partial charge >= 0.3 is 0 Å². The summed E-state index contributed by atoms with van der Waals surface area (Å²) in [6.45, 7) is 0. The Kier molecular flexibility index (Phi) is 6.55. The van der Waals surface area contributed by atoms with Crippen LogP contribution in [-0.4, -0.2) is 4.57 Å². The lowest BCUT2D eigenvalue weighted by atomic mass is 10.00. The molecule has 3 nitrogen and oxygen atoms in total. The highest BCUT2D eigenvalue weighted by atomic mass is 16.3. The fourth-order valence-corrected chi connectivity index (χ4v) is 8.29. The van der Waals surface area contributed by atoms with Gasteiger partial charge in [0.2, 0.25) is 0 Å². The van der Waals surface area contributed by atoms with E-state index in [2.05, 4.69) is 191 Å². The van der Waals surface area contributed by atoms with Gasteiger partial charge in [-0.05, 0) is 81.9 Å². The first-order chi connectivity index (χ1) is 26.3. The lowest BCUT2D eigenvalue weighted by Crippen LogP contribution is -2.10. The van der Waals surface area contributed by atoms with Crippen molar-refractivity contribution in [3.8, 4) is 16.8 Å². The van der Waals surface area contributed by atoms with E-state index in [0.29, 0.717) is 0 Å². The van der Waals surface area contributed by atoms with Crippen LogP contribution < -0.4 is 4.90 Å². The van der Waals surface area contributed by atoms with Crippen molar-refractivity contribution in [2.45, 2.75) is 0 Å². The summed E-state index contributed by atoms with van der Waals surface area (Å²) in [5.74, 6) is 0. The van der Waals surface area contributed by atoms with E-state index in [1.165, 1.54) is 49.0 Å². The Bertz CT molecular complexity index is 3170. The molecule has 0 saturated carbocycles. The Morgan fingerprint density at radius 2 is 1.08 bits per heavy atom. The summed E-state index contributed by atoms with van der Waals surface area (Å²) in [5, 5.41) is 9.45. The molecule has 0 unspecified atom stereocenters. The van der Waals surface area contributed by atoms with Crippen LogP contribution >= 0.6 is 0 Å². The molecule has 0 atom stereocenters. The van der Waals surface area contributed by atoms with Crippen LogP contribution in [0, 0.1) is 0 Å². The van der Waals surface area contributed by atoms with Gasteiger partial charge in [0.1, 0.15) is 11.2 Å². The molecular formula is C50H32N2O. The van der Waals surface area contributed by atoms with Crippen molar-refractivity contribution in [2.24, 2.45) is 0 Å². The number of furan rings is 1. The van der Waals surface area contributed by atoms with Gasteiger partial charge in [-0.3, -0.25) is 0 Å². The van der Waals surface area contributed by atoms with Crippen LogP contribution in [0.4, 0.5) is 17.1 Å². The number of hydrogen-bond donors (Lipinski definition) is 0. The Balaban J connectivity index is 1.28.